The third-order valence-corrected chi connectivity index (χ3v) is 2.65. The summed E-state index contributed by atoms with van der Waals surface area (Å²) in [5, 5.41) is 0. The number of halogens is 2. The van der Waals surface area contributed by atoms with Gasteiger partial charge >= 0.3 is 0 Å². The number of nitrogens with two attached hydrogens (primary N) is 1. The molecule has 1 unspecified atom stereocenters. The summed E-state index contributed by atoms with van der Waals surface area (Å²) in [4.78, 5) is 15.5. The number of carbonyl (C=O) groups is 1. The maximum atomic E-state index is 11.7. The van der Waals surface area contributed by atoms with Gasteiger partial charge in [0.1, 0.15) is 0 Å². The van der Waals surface area contributed by atoms with Crippen LogP contribution in [0, 0.1) is 0 Å². The van der Waals surface area contributed by atoms with Crippen molar-refractivity contribution < 1.29 is 4.79 Å². The summed E-state index contributed by atoms with van der Waals surface area (Å²) in [5.41, 5.74) is 5.50. The van der Waals surface area contributed by atoms with Crippen molar-refractivity contribution in [2.45, 2.75) is 26.8 Å². The monoisotopic (exact) mass is 273 g/mol. The summed E-state index contributed by atoms with van der Waals surface area (Å²) in [6.45, 7) is 8.90. The van der Waals surface area contributed by atoms with Crippen LogP contribution >= 0.6 is 24.8 Å². The molecule has 0 aromatic carbocycles. The van der Waals surface area contributed by atoms with E-state index < -0.39 is 0 Å². The predicted octanol–water partition coefficient (Wildman–Crippen LogP) is 0.977. The second-order valence-electron chi connectivity index (χ2n) is 3.55. The average molecular weight is 274 g/mol. The lowest BCUT2D eigenvalue weighted by atomic mass is 10.3. The van der Waals surface area contributed by atoms with Crippen LogP contribution in [0.25, 0.3) is 0 Å². The molecule has 0 aliphatic carbocycles. The quantitative estimate of drug-likeness (QED) is 0.785. The molecule has 0 radical (unpaired) electrons. The first-order valence-electron chi connectivity index (χ1n) is 5.24. The van der Waals surface area contributed by atoms with E-state index in [1.165, 1.54) is 0 Å². The standard InChI is InChI=1S/C10H23N3O.2ClH/c1-5-13(6-2)8-10(14)12(4)9(3)7-11;;/h9H,5-8,11H2,1-4H3;2*1H. The third-order valence-electron chi connectivity index (χ3n) is 2.65. The molecule has 100 valence electrons. The van der Waals surface area contributed by atoms with Crippen LogP contribution in [0.3, 0.4) is 0 Å². The van der Waals surface area contributed by atoms with Crippen molar-refractivity contribution in [1.29, 1.82) is 0 Å². The highest BCUT2D eigenvalue weighted by Gasteiger charge is 2.15. The van der Waals surface area contributed by atoms with E-state index in [1.807, 2.05) is 14.0 Å². The molecule has 0 saturated carbocycles. The molecule has 0 aromatic heterocycles. The van der Waals surface area contributed by atoms with Crippen molar-refractivity contribution in [3.8, 4) is 0 Å². The Hall–Kier alpha value is -0.0300. The molecule has 16 heavy (non-hydrogen) atoms. The Balaban J connectivity index is -0.000000845. The molecular weight excluding hydrogens is 249 g/mol. The van der Waals surface area contributed by atoms with E-state index in [0.717, 1.165) is 13.1 Å². The van der Waals surface area contributed by atoms with Crippen LogP contribution in [0.15, 0.2) is 0 Å². The Morgan fingerprint density at radius 2 is 1.69 bits per heavy atom. The normalized spacial score (nSPS) is 11.4. The van der Waals surface area contributed by atoms with Crippen LogP contribution in [0.1, 0.15) is 20.8 Å². The van der Waals surface area contributed by atoms with E-state index in [-0.39, 0.29) is 36.8 Å². The Kier molecular flexibility index (Phi) is 15.2. The molecule has 2 N–H and O–H groups in total. The van der Waals surface area contributed by atoms with Crippen molar-refractivity contribution in [1.82, 2.24) is 9.80 Å². The molecule has 0 aromatic rings. The molecule has 0 aliphatic heterocycles. The lowest BCUT2D eigenvalue weighted by Crippen LogP contribution is -2.44. The Bertz CT molecular complexity index is 177. The summed E-state index contributed by atoms with van der Waals surface area (Å²) in [6, 6.07) is 0.123. The van der Waals surface area contributed by atoms with Crippen molar-refractivity contribution in [3.05, 3.63) is 0 Å². The SMILES string of the molecule is CCN(CC)CC(=O)N(C)C(C)CN.Cl.Cl. The van der Waals surface area contributed by atoms with Gasteiger partial charge in [0, 0.05) is 19.6 Å². The average Bonchev–Trinajstić information content (AvgIpc) is 2.23. The molecule has 0 aliphatic rings. The van der Waals surface area contributed by atoms with Gasteiger partial charge in [-0.3, -0.25) is 9.69 Å². The first-order valence-corrected chi connectivity index (χ1v) is 5.24. The van der Waals surface area contributed by atoms with E-state index in [9.17, 15) is 4.79 Å². The Labute approximate surface area is 111 Å². The van der Waals surface area contributed by atoms with Gasteiger partial charge in [0.05, 0.1) is 6.54 Å². The van der Waals surface area contributed by atoms with Gasteiger partial charge in [-0.1, -0.05) is 13.8 Å². The minimum Gasteiger partial charge on any atom is -0.341 e. The van der Waals surface area contributed by atoms with Crippen LogP contribution in [0.5, 0.6) is 0 Å². The van der Waals surface area contributed by atoms with E-state index in [0.29, 0.717) is 13.1 Å². The summed E-state index contributed by atoms with van der Waals surface area (Å²) in [6.07, 6.45) is 0. The van der Waals surface area contributed by atoms with E-state index in [4.69, 9.17) is 5.73 Å². The Morgan fingerprint density at radius 1 is 1.25 bits per heavy atom. The fraction of sp³-hybridized carbons (Fsp3) is 0.900. The first kappa shape index (κ1) is 21.3. The molecule has 1 amide bonds. The van der Waals surface area contributed by atoms with Gasteiger partial charge < -0.3 is 10.6 Å². The van der Waals surface area contributed by atoms with Crippen LogP contribution in [0.4, 0.5) is 0 Å². The first-order chi connectivity index (χ1) is 6.56. The topological polar surface area (TPSA) is 49.6 Å². The van der Waals surface area contributed by atoms with Gasteiger partial charge in [-0.2, -0.15) is 0 Å². The fourth-order valence-electron chi connectivity index (χ4n) is 1.15. The van der Waals surface area contributed by atoms with Crippen LogP contribution in [0.2, 0.25) is 0 Å². The van der Waals surface area contributed by atoms with E-state index in [2.05, 4.69) is 18.7 Å². The molecule has 0 bridgehead atoms. The molecule has 0 spiro atoms. The zero-order valence-corrected chi connectivity index (χ0v) is 12.2. The highest BCUT2D eigenvalue weighted by molar-refractivity contribution is 5.85. The molecule has 0 rings (SSSR count). The number of likely N-dealkylation sites (N-methyl/N-ethyl adjacent to an activating group) is 2. The largest absolute Gasteiger partial charge is 0.341 e. The maximum Gasteiger partial charge on any atom is 0.236 e. The van der Waals surface area contributed by atoms with Gasteiger partial charge in [-0.15, -0.1) is 24.8 Å². The van der Waals surface area contributed by atoms with Gasteiger partial charge in [-0.05, 0) is 20.0 Å². The summed E-state index contributed by atoms with van der Waals surface area (Å²) < 4.78 is 0. The van der Waals surface area contributed by atoms with Crippen LogP contribution in [-0.4, -0.2) is 55.0 Å². The molecule has 1 atom stereocenters. The van der Waals surface area contributed by atoms with Crippen molar-refractivity contribution in [2.24, 2.45) is 5.73 Å². The summed E-state index contributed by atoms with van der Waals surface area (Å²) in [7, 11) is 1.81. The maximum absolute atomic E-state index is 11.7. The van der Waals surface area contributed by atoms with Crippen molar-refractivity contribution in [2.75, 3.05) is 33.2 Å². The molecule has 6 heteroatoms. The van der Waals surface area contributed by atoms with Crippen molar-refractivity contribution in [3.63, 3.8) is 0 Å². The summed E-state index contributed by atoms with van der Waals surface area (Å²) in [5.74, 6) is 0.145. The zero-order valence-electron chi connectivity index (χ0n) is 10.6. The zero-order chi connectivity index (χ0) is 11.1. The van der Waals surface area contributed by atoms with Gasteiger partial charge in [0.15, 0.2) is 0 Å². The number of nitrogens with zero attached hydrogens (tertiary/aromatic N) is 2. The second kappa shape index (κ2) is 11.5. The number of amides is 1. The smallest absolute Gasteiger partial charge is 0.236 e. The van der Waals surface area contributed by atoms with Gasteiger partial charge in [0.25, 0.3) is 0 Å². The lowest BCUT2D eigenvalue weighted by molar-refractivity contribution is -0.132. The molecule has 4 nitrogen and oxygen atoms in total. The predicted molar refractivity (Wildman–Crippen MR) is 73.6 cm³/mol. The number of hydrogen-bond donors (Lipinski definition) is 1. The van der Waals surface area contributed by atoms with Crippen LogP contribution in [-0.2, 0) is 4.79 Å². The minimum absolute atomic E-state index is 0. The second-order valence-corrected chi connectivity index (χ2v) is 3.55. The highest BCUT2D eigenvalue weighted by atomic mass is 35.5. The number of rotatable bonds is 6. The molecule has 0 heterocycles. The molecular formula is C10H25Cl2N3O. The van der Waals surface area contributed by atoms with Gasteiger partial charge in [0.2, 0.25) is 5.91 Å². The lowest BCUT2D eigenvalue weighted by Gasteiger charge is -2.26. The minimum atomic E-state index is 0. The summed E-state index contributed by atoms with van der Waals surface area (Å²) >= 11 is 0. The van der Waals surface area contributed by atoms with Crippen LogP contribution < -0.4 is 5.73 Å². The van der Waals surface area contributed by atoms with E-state index >= 15 is 0 Å². The number of hydrogen-bond acceptors (Lipinski definition) is 3. The van der Waals surface area contributed by atoms with E-state index in [1.54, 1.807) is 4.90 Å². The molecule has 0 fully saturated rings. The highest BCUT2D eigenvalue weighted by Crippen LogP contribution is 1.96. The Morgan fingerprint density at radius 3 is 2.00 bits per heavy atom. The fourth-order valence-corrected chi connectivity index (χ4v) is 1.15. The van der Waals surface area contributed by atoms with Gasteiger partial charge in [-0.25, -0.2) is 0 Å². The number of carbonyl (C=O) groups excluding carboxylic acids is 1. The van der Waals surface area contributed by atoms with Crippen molar-refractivity contribution >= 4 is 30.7 Å². The molecule has 0 saturated heterocycles. The third kappa shape index (κ3) is 7.28.